The molecule has 124 valence electrons. The van der Waals surface area contributed by atoms with Crippen LogP contribution in [0.1, 0.15) is 12.6 Å². The van der Waals surface area contributed by atoms with Crippen LogP contribution in [0.2, 0.25) is 5.02 Å². The number of rotatable bonds is 4. The number of nitrogens with one attached hydrogen (secondary N) is 1. The van der Waals surface area contributed by atoms with Gasteiger partial charge < -0.3 is 5.73 Å². The van der Waals surface area contributed by atoms with Crippen LogP contribution < -0.4 is 16.1 Å². The predicted molar refractivity (Wildman–Crippen MR) is 91.3 cm³/mol. The zero-order chi connectivity index (χ0) is 17.7. The van der Waals surface area contributed by atoms with Crippen LogP contribution in [0, 0.1) is 0 Å². The number of nitrogens with two attached hydrogens (primary N) is 1. The molecule has 0 saturated heterocycles. The first kappa shape index (κ1) is 17.6. The molecule has 0 saturated carbocycles. The van der Waals surface area contributed by atoms with Gasteiger partial charge in [0.25, 0.3) is 0 Å². The van der Waals surface area contributed by atoms with Crippen LogP contribution in [0.15, 0.2) is 34.7 Å². The van der Waals surface area contributed by atoms with Gasteiger partial charge in [-0.15, -0.1) is 11.3 Å². The highest BCUT2D eigenvalue weighted by Crippen LogP contribution is 2.30. The van der Waals surface area contributed by atoms with E-state index in [0.717, 1.165) is 0 Å². The fraction of sp³-hybridized carbons (Fsp3) is 0.0714. The fourth-order valence-electron chi connectivity index (χ4n) is 1.69. The number of nitrogens with zero attached hydrogens (tertiary/aromatic N) is 3. The summed E-state index contributed by atoms with van der Waals surface area (Å²) >= 11 is 7.16. The Labute approximate surface area is 145 Å². The smallest absolute Gasteiger partial charge is 0.329 e. The lowest BCUT2D eigenvalue weighted by Crippen LogP contribution is -2.32. The predicted octanol–water partition coefficient (Wildman–Crippen LogP) is 1.42. The Morgan fingerprint density at radius 2 is 2.17 bits per heavy atom. The molecule has 8 nitrogen and oxygen atoms in total. The second-order valence-electron chi connectivity index (χ2n) is 4.45. The third-order valence-corrected chi connectivity index (χ3v) is 3.75. The molecule has 3 N–H and O–H groups in total. The van der Waals surface area contributed by atoms with Crippen molar-refractivity contribution in [3.63, 3.8) is 0 Å². The molecule has 2 rings (SSSR count). The average molecular weight is 366 g/mol. The maximum Gasteiger partial charge on any atom is 0.329 e. The van der Waals surface area contributed by atoms with E-state index >= 15 is 0 Å². The van der Waals surface area contributed by atoms with E-state index in [1.807, 2.05) is 5.43 Å². The molecule has 1 aromatic heterocycles. The van der Waals surface area contributed by atoms with Crippen molar-refractivity contribution in [1.29, 1.82) is 0 Å². The first-order chi connectivity index (χ1) is 11.4. The van der Waals surface area contributed by atoms with Crippen molar-refractivity contribution in [3.05, 3.63) is 40.4 Å². The average Bonchev–Trinajstić information content (AvgIpc) is 2.95. The molecule has 0 bridgehead atoms. The Morgan fingerprint density at radius 3 is 2.79 bits per heavy atom. The summed E-state index contributed by atoms with van der Waals surface area (Å²) in [7, 11) is 0. The van der Waals surface area contributed by atoms with Gasteiger partial charge in [0.1, 0.15) is 0 Å². The van der Waals surface area contributed by atoms with Crippen molar-refractivity contribution in [2.24, 2.45) is 10.8 Å². The lowest BCUT2D eigenvalue weighted by atomic mass is 10.3. The molecular formula is C14H12ClN5O3S. The lowest BCUT2D eigenvalue weighted by molar-refractivity contribution is -0.137. The summed E-state index contributed by atoms with van der Waals surface area (Å²) in [5.74, 6) is -2.42. The van der Waals surface area contributed by atoms with Crippen molar-refractivity contribution in [2.45, 2.75) is 6.92 Å². The molecule has 0 aliphatic heterocycles. The molecule has 1 aromatic carbocycles. The second-order valence-corrected chi connectivity index (χ2v) is 5.73. The Morgan fingerprint density at radius 1 is 1.42 bits per heavy atom. The number of halogens is 1. The van der Waals surface area contributed by atoms with E-state index in [1.54, 1.807) is 29.6 Å². The molecule has 0 aliphatic carbocycles. The zero-order valence-electron chi connectivity index (χ0n) is 12.4. The highest BCUT2D eigenvalue weighted by molar-refractivity contribution is 7.14. The summed E-state index contributed by atoms with van der Waals surface area (Å²) in [6, 6.07) is 6.80. The number of amides is 3. The van der Waals surface area contributed by atoms with Gasteiger partial charge in [0.15, 0.2) is 5.13 Å². The molecule has 0 fully saturated rings. The molecule has 10 heteroatoms. The van der Waals surface area contributed by atoms with Crippen LogP contribution in [0.3, 0.4) is 0 Å². The first-order valence-electron chi connectivity index (χ1n) is 6.53. The van der Waals surface area contributed by atoms with Crippen molar-refractivity contribution in [2.75, 3.05) is 4.90 Å². The monoisotopic (exact) mass is 365 g/mol. The van der Waals surface area contributed by atoms with Crippen LogP contribution in [0.4, 0.5) is 10.8 Å². The van der Waals surface area contributed by atoms with Gasteiger partial charge in [0.05, 0.1) is 17.6 Å². The molecule has 24 heavy (non-hydrogen) atoms. The van der Waals surface area contributed by atoms with Crippen LogP contribution >= 0.6 is 22.9 Å². The lowest BCUT2D eigenvalue weighted by Gasteiger charge is -2.17. The van der Waals surface area contributed by atoms with Crippen molar-refractivity contribution in [3.8, 4) is 0 Å². The molecular weight excluding hydrogens is 354 g/mol. The Kier molecular flexibility index (Phi) is 5.61. The van der Waals surface area contributed by atoms with E-state index < -0.39 is 11.8 Å². The Bertz CT molecular complexity index is 820. The maximum atomic E-state index is 12.0. The molecule has 0 unspecified atom stereocenters. The standard InChI is InChI=1S/C14H12ClN5O3S/c1-8(21)20(11-4-2-3-9(15)5-11)14-18-10(7-24-14)6-17-19-13(23)12(16)22/h2-7H,1H3,(H2,16,22)(H,19,23)/b17-6-. The topological polar surface area (TPSA) is 118 Å². The fourth-order valence-corrected chi connectivity index (χ4v) is 2.71. The number of hydrogen-bond donors (Lipinski definition) is 2. The van der Waals surface area contributed by atoms with Crippen LogP contribution in [0.25, 0.3) is 0 Å². The number of anilines is 2. The summed E-state index contributed by atoms with van der Waals surface area (Å²) in [6.07, 6.45) is 1.23. The van der Waals surface area contributed by atoms with Gasteiger partial charge in [-0.3, -0.25) is 19.3 Å². The minimum absolute atomic E-state index is 0.239. The highest BCUT2D eigenvalue weighted by Gasteiger charge is 2.18. The molecule has 0 atom stereocenters. The highest BCUT2D eigenvalue weighted by atomic mass is 35.5. The molecule has 0 aliphatic rings. The minimum atomic E-state index is -1.14. The third kappa shape index (κ3) is 4.37. The molecule has 1 heterocycles. The summed E-state index contributed by atoms with van der Waals surface area (Å²) in [6.45, 7) is 1.41. The SMILES string of the molecule is CC(=O)N(c1cccc(Cl)c1)c1nc(/C=N\NC(=O)C(N)=O)cs1. The number of primary amides is 1. The number of carbonyl (C=O) groups excluding carboxylic acids is 3. The minimum Gasteiger partial charge on any atom is -0.361 e. The molecule has 0 spiro atoms. The van der Waals surface area contributed by atoms with E-state index in [4.69, 9.17) is 17.3 Å². The van der Waals surface area contributed by atoms with E-state index in [2.05, 4.69) is 10.1 Å². The van der Waals surface area contributed by atoms with Crippen molar-refractivity contribution in [1.82, 2.24) is 10.4 Å². The quantitative estimate of drug-likeness (QED) is 0.484. The van der Waals surface area contributed by atoms with Crippen molar-refractivity contribution >= 4 is 57.7 Å². The van der Waals surface area contributed by atoms with Crippen molar-refractivity contribution < 1.29 is 14.4 Å². The Hall–Kier alpha value is -2.78. The Balaban J connectivity index is 2.20. The normalized spacial score (nSPS) is 10.6. The molecule has 3 amide bonds. The summed E-state index contributed by atoms with van der Waals surface area (Å²) in [5, 5.41) is 6.10. The van der Waals surface area contributed by atoms with E-state index in [-0.39, 0.29) is 5.91 Å². The number of benzene rings is 1. The number of hydrogen-bond acceptors (Lipinski definition) is 6. The molecule has 0 radical (unpaired) electrons. The molecule has 2 aromatic rings. The van der Waals surface area contributed by atoms with E-state index in [9.17, 15) is 14.4 Å². The number of aromatic nitrogens is 1. The summed E-state index contributed by atoms with van der Waals surface area (Å²) < 4.78 is 0. The first-order valence-corrected chi connectivity index (χ1v) is 7.79. The number of carbonyl (C=O) groups is 3. The van der Waals surface area contributed by atoms with Gasteiger partial charge in [-0.25, -0.2) is 10.4 Å². The second kappa shape index (κ2) is 7.66. The number of hydrazone groups is 1. The van der Waals surface area contributed by atoms with E-state index in [1.165, 1.54) is 29.4 Å². The van der Waals surface area contributed by atoms with Crippen LogP contribution in [-0.4, -0.2) is 28.9 Å². The van der Waals surface area contributed by atoms with Gasteiger partial charge in [0, 0.05) is 17.3 Å². The zero-order valence-corrected chi connectivity index (χ0v) is 14.0. The third-order valence-electron chi connectivity index (χ3n) is 2.67. The van der Waals surface area contributed by atoms with Gasteiger partial charge in [-0.2, -0.15) is 5.10 Å². The van der Waals surface area contributed by atoms with Gasteiger partial charge in [-0.05, 0) is 18.2 Å². The van der Waals surface area contributed by atoms with Gasteiger partial charge in [-0.1, -0.05) is 17.7 Å². The number of thiazole rings is 1. The van der Waals surface area contributed by atoms with Gasteiger partial charge >= 0.3 is 11.8 Å². The van der Waals surface area contributed by atoms with E-state index in [0.29, 0.717) is 21.5 Å². The summed E-state index contributed by atoms with van der Waals surface area (Å²) in [4.78, 5) is 39.1. The largest absolute Gasteiger partial charge is 0.361 e. The summed E-state index contributed by atoms with van der Waals surface area (Å²) in [5.41, 5.74) is 7.70. The van der Waals surface area contributed by atoms with Crippen LogP contribution in [-0.2, 0) is 14.4 Å². The van der Waals surface area contributed by atoms with Gasteiger partial charge in [0.2, 0.25) is 5.91 Å². The maximum absolute atomic E-state index is 12.0. The van der Waals surface area contributed by atoms with Crippen LogP contribution in [0.5, 0.6) is 0 Å².